The second kappa shape index (κ2) is 9.26. The van der Waals surface area contributed by atoms with Gasteiger partial charge in [0.2, 0.25) is 0 Å². The van der Waals surface area contributed by atoms with Gasteiger partial charge in [-0.2, -0.15) is 0 Å². The topological polar surface area (TPSA) is 63.5 Å². The van der Waals surface area contributed by atoms with Crippen LogP contribution in [-0.4, -0.2) is 36.2 Å². The van der Waals surface area contributed by atoms with E-state index in [4.69, 9.17) is 4.74 Å². The van der Waals surface area contributed by atoms with E-state index in [2.05, 4.69) is 69.4 Å². The minimum Gasteiger partial charge on any atom is -0.496 e. The Morgan fingerprint density at radius 1 is 1.14 bits per heavy atom. The molecule has 0 fully saturated rings. The van der Waals surface area contributed by atoms with E-state index in [1.807, 2.05) is 12.1 Å². The molecule has 2 N–H and O–H groups in total. The zero-order valence-electron chi connectivity index (χ0n) is 17.1. The van der Waals surface area contributed by atoms with Crippen molar-refractivity contribution in [2.75, 3.05) is 20.7 Å². The van der Waals surface area contributed by atoms with E-state index in [-0.39, 0.29) is 0 Å². The van der Waals surface area contributed by atoms with E-state index in [1.54, 1.807) is 14.2 Å². The number of nitrogens with zero attached hydrogens (tertiary/aromatic N) is 3. The molecule has 0 spiro atoms. The Kier molecular flexibility index (Phi) is 6.53. The van der Waals surface area contributed by atoms with Crippen molar-refractivity contribution in [1.29, 1.82) is 0 Å². The van der Waals surface area contributed by atoms with Crippen molar-refractivity contribution in [3.8, 4) is 5.75 Å². The Morgan fingerprint density at radius 3 is 2.71 bits per heavy atom. The van der Waals surface area contributed by atoms with E-state index in [9.17, 15) is 0 Å². The quantitative estimate of drug-likeness (QED) is 0.375. The highest BCUT2D eigenvalue weighted by Gasteiger charge is 2.06. The first-order chi connectivity index (χ1) is 13.6. The van der Waals surface area contributed by atoms with Crippen molar-refractivity contribution in [2.45, 2.75) is 33.4 Å². The van der Waals surface area contributed by atoms with Gasteiger partial charge in [0.05, 0.1) is 18.1 Å². The number of benzene rings is 2. The predicted molar refractivity (Wildman–Crippen MR) is 115 cm³/mol. The summed E-state index contributed by atoms with van der Waals surface area (Å²) >= 11 is 0. The van der Waals surface area contributed by atoms with E-state index in [0.29, 0.717) is 0 Å². The van der Waals surface area contributed by atoms with E-state index >= 15 is 0 Å². The molecule has 0 unspecified atom stereocenters. The van der Waals surface area contributed by atoms with Crippen molar-refractivity contribution in [2.24, 2.45) is 4.99 Å². The molecule has 1 heterocycles. The van der Waals surface area contributed by atoms with Crippen LogP contribution in [0.4, 0.5) is 0 Å². The standard InChI is InChI=1S/C22H29N5O/c1-16-14-18(10-11-21(16)28-4)15-25-22(23-3)24-12-7-13-27-17(2)26-19-8-5-6-9-20(19)27/h5-6,8-11,14H,7,12-13,15H2,1-4H3,(H2,23,24,25). The van der Waals surface area contributed by atoms with E-state index in [0.717, 1.165) is 54.7 Å². The van der Waals surface area contributed by atoms with Gasteiger partial charge in [0.25, 0.3) is 0 Å². The number of rotatable bonds is 7. The summed E-state index contributed by atoms with van der Waals surface area (Å²) in [4.78, 5) is 8.93. The van der Waals surface area contributed by atoms with Crippen LogP contribution in [0, 0.1) is 13.8 Å². The average molecular weight is 380 g/mol. The van der Waals surface area contributed by atoms with Crippen LogP contribution in [0.25, 0.3) is 11.0 Å². The zero-order chi connectivity index (χ0) is 19.9. The molecule has 0 atom stereocenters. The fourth-order valence-corrected chi connectivity index (χ4v) is 3.38. The highest BCUT2D eigenvalue weighted by atomic mass is 16.5. The van der Waals surface area contributed by atoms with Crippen LogP contribution in [0.2, 0.25) is 0 Å². The van der Waals surface area contributed by atoms with Crippen molar-refractivity contribution in [3.05, 3.63) is 59.4 Å². The van der Waals surface area contributed by atoms with Crippen molar-refractivity contribution in [1.82, 2.24) is 20.2 Å². The molecule has 0 radical (unpaired) electrons. The lowest BCUT2D eigenvalue weighted by Crippen LogP contribution is -2.37. The van der Waals surface area contributed by atoms with Gasteiger partial charge in [0, 0.05) is 26.7 Å². The molecule has 6 nitrogen and oxygen atoms in total. The molecule has 3 aromatic rings. The van der Waals surface area contributed by atoms with Crippen LogP contribution in [0.5, 0.6) is 5.75 Å². The van der Waals surface area contributed by atoms with Crippen LogP contribution in [-0.2, 0) is 13.1 Å². The first-order valence-corrected chi connectivity index (χ1v) is 9.62. The number of hydrogen-bond acceptors (Lipinski definition) is 3. The van der Waals surface area contributed by atoms with Gasteiger partial charge in [0.15, 0.2) is 5.96 Å². The monoisotopic (exact) mass is 379 g/mol. The van der Waals surface area contributed by atoms with Gasteiger partial charge in [-0.1, -0.05) is 24.3 Å². The number of methoxy groups -OCH3 is 1. The molecule has 0 saturated heterocycles. The largest absolute Gasteiger partial charge is 0.496 e. The fourth-order valence-electron chi connectivity index (χ4n) is 3.38. The minimum atomic E-state index is 0.718. The number of fused-ring (bicyclic) bond motifs is 1. The number of imidazole rings is 1. The number of guanidine groups is 1. The number of aliphatic imine (C=N–C) groups is 1. The first-order valence-electron chi connectivity index (χ1n) is 9.62. The Bertz CT molecular complexity index is 961. The van der Waals surface area contributed by atoms with Gasteiger partial charge in [-0.05, 0) is 49.6 Å². The highest BCUT2D eigenvalue weighted by molar-refractivity contribution is 5.79. The molecule has 0 aliphatic rings. The molecule has 148 valence electrons. The minimum absolute atomic E-state index is 0.718. The third-order valence-electron chi connectivity index (χ3n) is 4.84. The maximum Gasteiger partial charge on any atom is 0.191 e. The molecule has 6 heteroatoms. The Labute approximate surface area is 166 Å². The van der Waals surface area contributed by atoms with Gasteiger partial charge < -0.3 is 19.9 Å². The third kappa shape index (κ3) is 4.63. The fraction of sp³-hybridized carbons (Fsp3) is 0.364. The van der Waals surface area contributed by atoms with Gasteiger partial charge in [-0.25, -0.2) is 4.98 Å². The second-order valence-corrected chi connectivity index (χ2v) is 6.81. The Morgan fingerprint density at radius 2 is 1.96 bits per heavy atom. The summed E-state index contributed by atoms with van der Waals surface area (Å²) in [5, 5.41) is 6.75. The summed E-state index contributed by atoms with van der Waals surface area (Å²) in [5.41, 5.74) is 4.58. The molecule has 0 aliphatic heterocycles. The summed E-state index contributed by atoms with van der Waals surface area (Å²) < 4.78 is 7.59. The van der Waals surface area contributed by atoms with E-state index in [1.165, 1.54) is 11.1 Å². The van der Waals surface area contributed by atoms with E-state index < -0.39 is 0 Å². The maximum atomic E-state index is 5.32. The number of hydrogen-bond donors (Lipinski definition) is 2. The Balaban J connectivity index is 1.48. The molecule has 0 amide bonds. The maximum absolute atomic E-state index is 5.32. The van der Waals surface area contributed by atoms with Gasteiger partial charge in [-0.3, -0.25) is 4.99 Å². The van der Waals surface area contributed by atoms with Crippen LogP contribution >= 0.6 is 0 Å². The molecular weight excluding hydrogens is 350 g/mol. The summed E-state index contributed by atoms with van der Waals surface area (Å²) in [5.74, 6) is 2.77. The van der Waals surface area contributed by atoms with Crippen molar-refractivity contribution < 1.29 is 4.74 Å². The summed E-state index contributed by atoms with van der Waals surface area (Å²) in [6, 6.07) is 14.5. The van der Waals surface area contributed by atoms with Crippen LogP contribution < -0.4 is 15.4 Å². The Hall–Kier alpha value is -3.02. The smallest absolute Gasteiger partial charge is 0.191 e. The summed E-state index contributed by atoms with van der Waals surface area (Å²) in [6.45, 7) is 6.60. The molecule has 0 saturated carbocycles. The first kappa shape index (κ1) is 19.7. The summed E-state index contributed by atoms with van der Waals surface area (Å²) in [6.07, 6.45) is 0.990. The molecule has 28 heavy (non-hydrogen) atoms. The number of ether oxygens (including phenoxy) is 1. The normalized spacial score (nSPS) is 11.6. The van der Waals surface area contributed by atoms with Crippen molar-refractivity contribution in [3.63, 3.8) is 0 Å². The molecule has 3 rings (SSSR count). The third-order valence-corrected chi connectivity index (χ3v) is 4.84. The lowest BCUT2D eigenvalue weighted by molar-refractivity contribution is 0.411. The molecule has 0 aliphatic carbocycles. The SMILES string of the molecule is CN=C(NCCCn1c(C)nc2ccccc21)NCc1ccc(OC)c(C)c1. The lowest BCUT2D eigenvalue weighted by Gasteiger charge is -2.13. The highest BCUT2D eigenvalue weighted by Crippen LogP contribution is 2.18. The average Bonchev–Trinajstić information content (AvgIpc) is 3.02. The second-order valence-electron chi connectivity index (χ2n) is 6.81. The molecule has 2 aromatic carbocycles. The molecule has 1 aromatic heterocycles. The van der Waals surface area contributed by atoms with Crippen LogP contribution in [0.3, 0.4) is 0 Å². The zero-order valence-corrected chi connectivity index (χ0v) is 17.1. The van der Waals surface area contributed by atoms with Crippen molar-refractivity contribution >= 4 is 17.0 Å². The van der Waals surface area contributed by atoms with Gasteiger partial charge >= 0.3 is 0 Å². The molecule has 0 bridgehead atoms. The number of para-hydroxylation sites is 2. The van der Waals surface area contributed by atoms with Crippen LogP contribution in [0.15, 0.2) is 47.5 Å². The molecular formula is C22H29N5O. The number of aromatic nitrogens is 2. The predicted octanol–water partition coefficient (Wildman–Crippen LogP) is 3.42. The number of aryl methyl sites for hydroxylation is 3. The van der Waals surface area contributed by atoms with Gasteiger partial charge in [0.1, 0.15) is 11.6 Å². The summed E-state index contributed by atoms with van der Waals surface area (Å²) in [7, 11) is 3.49. The number of nitrogens with one attached hydrogen (secondary N) is 2. The van der Waals surface area contributed by atoms with Gasteiger partial charge in [-0.15, -0.1) is 0 Å². The van der Waals surface area contributed by atoms with Crippen LogP contribution in [0.1, 0.15) is 23.4 Å². The lowest BCUT2D eigenvalue weighted by atomic mass is 10.1.